The zero-order valence-electron chi connectivity index (χ0n) is 11.6. The number of nitrogens with two attached hydrogens (primary N) is 3. The number of aliphatic imine (C=N–C) groups is 1. The second-order valence-corrected chi connectivity index (χ2v) is 4.57. The summed E-state index contributed by atoms with van der Waals surface area (Å²) in [7, 11) is 0. The Bertz CT molecular complexity index is 443. The van der Waals surface area contributed by atoms with Crippen LogP contribution in [0.1, 0.15) is 31.4 Å². The van der Waals surface area contributed by atoms with Crippen LogP contribution in [0.5, 0.6) is 0 Å². The van der Waals surface area contributed by atoms with Gasteiger partial charge in [-0.05, 0) is 31.4 Å². The molecule has 1 aromatic rings. The highest BCUT2D eigenvalue weighted by Gasteiger charge is 2.16. The van der Waals surface area contributed by atoms with Gasteiger partial charge in [-0.2, -0.15) is 0 Å². The first-order valence-electron chi connectivity index (χ1n) is 6.52. The third kappa shape index (κ3) is 5.66. The number of hydrogen-bond donors (Lipinski definition) is 4. The number of guanidine groups is 1. The first-order valence-corrected chi connectivity index (χ1v) is 6.52. The van der Waals surface area contributed by atoms with Crippen molar-refractivity contribution in [2.24, 2.45) is 22.2 Å². The molecule has 0 saturated carbocycles. The molecular weight excluding hydrogens is 256 g/mol. The van der Waals surface area contributed by atoms with Crippen LogP contribution in [0.4, 0.5) is 0 Å². The van der Waals surface area contributed by atoms with Crippen LogP contribution in [0.2, 0.25) is 0 Å². The average Bonchev–Trinajstić information content (AvgIpc) is 2.44. The lowest BCUT2D eigenvalue weighted by atomic mass is 10.1. The molecule has 0 fully saturated rings. The third-order valence-corrected chi connectivity index (χ3v) is 2.85. The van der Waals surface area contributed by atoms with Crippen LogP contribution in [-0.4, -0.2) is 29.4 Å². The van der Waals surface area contributed by atoms with Crippen LogP contribution in [0, 0.1) is 0 Å². The first kappa shape index (κ1) is 15.9. The highest BCUT2D eigenvalue weighted by atomic mass is 16.2. The van der Waals surface area contributed by atoms with Crippen molar-refractivity contribution in [3.8, 4) is 0 Å². The normalized spacial score (nSPS) is 13.3. The van der Waals surface area contributed by atoms with Gasteiger partial charge in [0.1, 0.15) is 0 Å². The highest BCUT2D eigenvalue weighted by Crippen LogP contribution is 2.10. The van der Waals surface area contributed by atoms with E-state index in [2.05, 4.69) is 15.3 Å². The van der Waals surface area contributed by atoms with E-state index >= 15 is 0 Å². The van der Waals surface area contributed by atoms with Crippen molar-refractivity contribution < 1.29 is 4.79 Å². The van der Waals surface area contributed by atoms with Gasteiger partial charge in [0.15, 0.2) is 5.96 Å². The van der Waals surface area contributed by atoms with E-state index in [-0.39, 0.29) is 17.9 Å². The van der Waals surface area contributed by atoms with E-state index in [9.17, 15) is 4.79 Å². The number of aromatic nitrogens is 1. The van der Waals surface area contributed by atoms with Gasteiger partial charge in [-0.15, -0.1) is 0 Å². The summed E-state index contributed by atoms with van der Waals surface area (Å²) in [4.78, 5) is 19.8. The van der Waals surface area contributed by atoms with Crippen LogP contribution < -0.4 is 22.5 Å². The van der Waals surface area contributed by atoms with Crippen LogP contribution in [-0.2, 0) is 4.79 Å². The molecule has 0 aromatic carbocycles. The summed E-state index contributed by atoms with van der Waals surface area (Å²) in [5.41, 5.74) is 17.2. The summed E-state index contributed by atoms with van der Waals surface area (Å²) >= 11 is 0. The number of carbonyl (C=O) groups excluding carboxylic acids is 1. The third-order valence-electron chi connectivity index (χ3n) is 2.85. The van der Waals surface area contributed by atoms with Crippen molar-refractivity contribution in [3.05, 3.63) is 30.1 Å². The zero-order valence-corrected chi connectivity index (χ0v) is 11.6. The molecule has 7 heteroatoms. The molecule has 1 rings (SSSR count). The van der Waals surface area contributed by atoms with E-state index in [1.807, 2.05) is 19.1 Å². The molecule has 0 radical (unpaired) electrons. The molecule has 2 atom stereocenters. The summed E-state index contributed by atoms with van der Waals surface area (Å²) in [6.07, 6.45) is 4.60. The molecule has 1 heterocycles. The molecule has 20 heavy (non-hydrogen) atoms. The second-order valence-electron chi connectivity index (χ2n) is 4.57. The minimum atomic E-state index is -0.566. The van der Waals surface area contributed by atoms with E-state index in [1.165, 1.54) is 0 Å². The summed E-state index contributed by atoms with van der Waals surface area (Å²) in [6.45, 7) is 2.36. The van der Waals surface area contributed by atoms with Crippen LogP contribution in [0.15, 0.2) is 29.5 Å². The van der Waals surface area contributed by atoms with Gasteiger partial charge in [0.25, 0.3) is 0 Å². The maximum atomic E-state index is 11.9. The molecule has 110 valence electrons. The van der Waals surface area contributed by atoms with Gasteiger partial charge in [0, 0.05) is 18.9 Å². The van der Waals surface area contributed by atoms with Crippen molar-refractivity contribution in [2.75, 3.05) is 6.54 Å². The lowest BCUT2D eigenvalue weighted by Gasteiger charge is -2.17. The van der Waals surface area contributed by atoms with E-state index in [4.69, 9.17) is 17.2 Å². The minimum absolute atomic E-state index is 0.0493. The number of amides is 1. The number of carbonyl (C=O) groups is 1. The standard InChI is InChI=1S/C13H22N6O/c1-9(10-4-2-6-17-8-10)19-12(20)11(14)5-3-7-18-13(15)16/h2,4,6,8-9,11H,3,5,7,14H2,1H3,(H,19,20)(H4,15,16,18)/t9?,11-/m0/s1. The van der Waals surface area contributed by atoms with Gasteiger partial charge in [-0.1, -0.05) is 6.07 Å². The predicted octanol–water partition coefficient (Wildman–Crippen LogP) is -0.360. The monoisotopic (exact) mass is 278 g/mol. The van der Waals surface area contributed by atoms with Crippen molar-refractivity contribution in [3.63, 3.8) is 0 Å². The van der Waals surface area contributed by atoms with Gasteiger partial charge in [-0.3, -0.25) is 14.8 Å². The molecule has 1 aromatic heterocycles. The molecule has 7 N–H and O–H groups in total. The van der Waals surface area contributed by atoms with Gasteiger partial charge in [0.2, 0.25) is 5.91 Å². The summed E-state index contributed by atoms with van der Waals surface area (Å²) in [5, 5.41) is 2.86. The quantitative estimate of drug-likeness (QED) is 0.307. The van der Waals surface area contributed by atoms with Crippen molar-refractivity contribution in [1.82, 2.24) is 10.3 Å². The molecule has 0 spiro atoms. The number of rotatable bonds is 7. The molecule has 0 saturated heterocycles. The lowest BCUT2D eigenvalue weighted by Crippen LogP contribution is -2.41. The van der Waals surface area contributed by atoms with Crippen molar-refractivity contribution in [2.45, 2.75) is 31.8 Å². The van der Waals surface area contributed by atoms with Crippen LogP contribution >= 0.6 is 0 Å². The Kier molecular flexibility index (Phi) is 6.45. The number of nitrogens with one attached hydrogen (secondary N) is 1. The van der Waals surface area contributed by atoms with Gasteiger partial charge in [-0.25, -0.2) is 0 Å². The van der Waals surface area contributed by atoms with Crippen LogP contribution in [0.25, 0.3) is 0 Å². The molecule has 1 unspecified atom stereocenters. The largest absolute Gasteiger partial charge is 0.370 e. The maximum Gasteiger partial charge on any atom is 0.237 e. The molecule has 0 aliphatic carbocycles. The Morgan fingerprint density at radius 3 is 2.85 bits per heavy atom. The van der Waals surface area contributed by atoms with E-state index < -0.39 is 6.04 Å². The first-order chi connectivity index (χ1) is 9.50. The average molecular weight is 278 g/mol. The van der Waals surface area contributed by atoms with E-state index in [0.29, 0.717) is 19.4 Å². The van der Waals surface area contributed by atoms with Crippen molar-refractivity contribution >= 4 is 11.9 Å². The fourth-order valence-corrected chi connectivity index (χ4v) is 1.69. The van der Waals surface area contributed by atoms with Gasteiger partial charge >= 0.3 is 0 Å². The predicted molar refractivity (Wildman–Crippen MR) is 78.7 cm³/mol. The SMILES string of the molecule is CC(NC(=O)[C@@H](N)CCCN=C(N)N)c1cccnc1. The van der Waals surface area contributed by atoms with Gasteiger partial charge in [0.05, 0.1) is 12.1 Å². The van der Waals surface area contributed by atoms with Gasteiger partial charge < -0.3 is 22.5 Å². The number of nitrogens with zero attached hydrogens (tertiary/aromatic N) is 2. The van der Waals surface area contributed by atoms with E-state index in [1.54, 1.807) is 12.4 Å². The number of hydrogen-bond acceptors (Lipinski definition) is 4. The summed E-state index contributed by atoms with van der Waals surface area (Å²) < 4.78 is 0. The molecular formula is C13H22N6O. The molecule has 0 aliphatic rings. The Labute approximate surface area is 118 Å². The minimum Gasteiger partial charge on any atom is -0.370 e. The fourth-order valence-electron chi connectivity index (χ4n) is 1.69. The zero-order chi connectivity index (χ0) is 15.0. The highest BCUT2D eigenvalue weighted by molar-refractivity contribution is 5.81. The second kappa shape index (κ2) is 8.11. The molecule has 0 bridgehead atoms. The summed E-state index contributed by atoms with van der Waals surface area (Å²) in [5.74, 6) is -0.140. The smallest absolute Gasteiger partial charge is 0.237 e. The summed E-state index contributed by atoms with van der Waals surface area (Å²) in [6, 6.07) is 3.04. The number of pyridine rings is 1. The molecule has 0 aliphatic heterocycles. The lowest BCUT2D eigenvalue weighted by molar-refractivity contribution is -0.123. The topological polar surface area (TPSA) is 132 Å². The fraction of sp³-hybridized carbons (Fsp3) is 0.462. The molecule has 7 nitrogen and oxygen atoms in total. The Morgan fingerprint density at radius 2 is 2.25 bits per heavy atom. The molecule has 1 amide bonds. The van der Waals surface area contributed by atoms with E-state index in [0.717, 1.165) is 5.56 Å². The maximum absolute atomic E-state index is 11.9. The Balaban J connectivity index is 2.36. The van der Waals surface area contributed by atoms with Crippen LogP contribution in [0.3, 0.4) is 0 Å². The Morgan fingerprint density at radius 1 is 1.50 bits per heavy atom. The van der Waals surface area contributed by atoms with Crippen molar-refractivity contribution in [1.29, 1.82) is 0 Å². The Hall–Kier alpha value is -2.15.